The van der Waals surface area contributed by atoms with Crippen LogP contribution in [-0.4, -0.2) is 30.6 Å². The number of nitrogens with one attached hydrogen (secondary N) is 1. The Bertz CT molecular complexity index is 402. The molecular weight excluding hydrogens is 243 g/mol. The summed E-state index contributed by atoms with van der Waals surface area (Å²) in [5.74, 6) is -0.479. The van der Waals surface area contributed by atoms with Gasteiger partial charge in [-0.05, 0) is 20.0 Å². The summed E-state index contributed by atoms with van der Waals surface area (Å²) in [4.78, 5) is 15.5. The number of carbonyl (C=O) groups is 1. The Hall–Kier alpha value is -1.01. The van der Waals surface area contributed by atoms with Crippen LogP contribution in [0.3, 0.4) is 0 Å². The number of halogens is 1. The Morgan fingerprint density at radius 3 is 3.00 bits per heavy atom. The lowest BCUT2D eigenvalue weighted by Gasteiger charge is -2.27. The number of thiazole rings is 1. The molecule has 0 amide bonds. The zero-order valence-corrected chi connectivity index (χ0v) is 10.5. The minimum absolute atomic E-state index is 0.211. The van der Waals surface area contributed by atoms with E-state index in [4.69, 9.17) is 4.74 Å². The maximum absolute atomic E-state index is 14.5. The first kappa shape index (κ1) is 12.4. The van der Waals surface area contributed by atoms with Gasteiger partial charge in [-0.25, -0.2) is 14.2 Å². The first-order valence-electron chi connectivity index (χ1n) is 5.68. The fourth-order valence-electron chi connectivity index (χ4n) is 1.82. The van der Waals surface area contributed by atoms with Crippen LogP contribution in [0.15, 0.2) is 5.38 Å². The van der Waals surface area contributed by atoms with Crippen molar-refractivity contribution in [2.45, 2.75) is 25.4 Å². The molecule has 17 heavy (non-hydrogen) atoms. The largest absolute Gasteiger partial charge is 0.461 e. The summed E-state index contributed by atoms with van der Waals surface area (Å²) >= 11 is 1.19. The molecule has 0 saturated carbocycles. The van der Waals surface area contributed by atoms with Crippen LogP contribution in [0.2, 0.25) is 0 Å². The number of piperidine rings is 1. The number of aromatic nitrogens is 1. The number of hydrogen-bond donors (Lipinski definition) is 1. The van der Waals surface area contributed by atoms with Gasteiger partial charge in [-0.3, -0.25) is 0 Å². The van der Waals surface area contributed by atoms with E-state index in [1.54, 1.807) is 12.3 Å². The van der Waals surface area contributed by atoms with E-state index in [9.17, 15) is 9.18 Å². The Morgan fingerprint density at radius 1 is 1.65 bits per heavy atom. The van der Waals surface area contributed by atoms with Crippen LogP contribution in [-0.2, 0) is 10.4 Å². The van der Waals surface area contributed by atoms with Crippen molar-refractivity contribution in [2.75, 3.05) is 19.7 Å². The highest BCUT2D eigenvalue weighted by atomic mass is 32.1. The third kappa shape index (κ3) is 2.63. The maximum Gasteiger partial charge on any atom is 0.357 e. The third-order valence-corrected chi connectivity index (χ3v) is 3.79. The number of carbonyl (C=O) groups excluding carboxylic acids is 1. The van der Waals surface area contributed by atoms with E-state index in [0.717, 1.165) is 0 Å². The Balaban J connectivity index is 2.14. The van der Waals surface area contributed by atoms with Crippen molar-refractivity contribution in [3.63, 3.8) is 0 Å². The molecule has 0 radical (unpaired) electrons. The van der Waals surface area contributed by atoms with E-state index in [1.807, 2.05) is 0 Å². The van der Waals surface area contributed by atoms with Gasteiger partial charge in [-0.15, -0.1) is 11.3 Å². The van der Waals surface area contributed by atoms with Gasteiger partial charge in [0.1, 0.15) is 5.01 Å². The zero-order valence-electron chi connectivity index (χ0n) is 9.66. The topological polar surface area (TPSA) is 51.2 Å². The van der Waals surface area contributed by atoms with Crippen molar-refractivity contribution >= 4 is 17.3 Å². The predicted molar refractivity (Wildman–Crippen MR) is 63.0 cm³/mol. The number of ether oxygens (including phenoxy) is 1. The Labute approximate surface area is 103 Å². The number of rotatable bonds is 3. The molecule has 2 heterocycles. The quantitative estimate of drug-likeness (QED) is 0.841. The summed E-state index contributed by atoms with van der Waals surface area (Å²) in [6.07, 6.45) is 0.811. The zero-order chi connectivity index (χ0) is 12.3. The molecule has 94 valence electrons. The average molecular weight is 258 g/mol. The van der Waals surface area contributed by atoms with Gasteiger partial charge < -0.3 is 10.1 Å². The van der Waals surface area contributed by atoms with Crippen molar-refractivity contribution in [1.82, 2.24) is 10.3 Å². The maximum atomic E-state index is 14.5. The number of esters is 1. The van der Waals surface area contributed by atoms with Crippen LogP contribution in [0.25, 0.3) is 0 Å². The molecule has 1 saturated heterocycles. The van der Waals surface area contributed by atoms with E-state index >= 15 is 0 Å². The van der Waals surface area contributed by atoms with E-state index in [2.05, 4.69) is 10.3 Å². The molecule has 0 bridgehead atoms. The van der Waals surface area contributed by atoms with Gasteiger partial charge in [0.15, 0.2) is 11.4 Å². The lowest BCUT2D eigenvalue weighted by Crippen LogP contribution is -2.36. The summed E-state index contributed by atoms with van der Waals surface area (Å²) in [6, 6.07) is 0. The van der Waals surface area contributed by atoms with Crippen molar-refractivity contribution in [3.8, 4) is 0 Å². The van der Waals surface area contributed by atoms with Crippen molar-refractivity contribution in [2.24, 2.45) is 0 Å². The average Bonchev–Trinajstić information content (AvgIpc) is 2.80. The standard InChI is InChI=1S/C11H15FN2O2S/c1-2-16-9(15)8-7-17-10(14-8)11(12)3-5-13-6-4-11/h7,13H,2-6H2,1H3. The number of hydrogen-bond acceptors (Lipinski definition) is 5. The second-order valence-corrected chi connectivity index (χ2v) is 4.83. The highest BCUT2D eigenvalue weighted by Gasteiger charge is 2.37. The lowest BCUT2D eigenvalue weighted by molar-refractivity contribution is 0.0518. The molecule has 6 heteroatoms. The molecule has 1 N–H and O–H groups in total. The molecule has 1 aromatic rings. The first-order valence-corrected chi connectivity index (χ1v) is 6.56. The number of nitrogens with zero attached hydrogens (tertiary/aromatic N) is 1. The molecular formula is C11H15FN2O2S. The fourth-order valence-corrected chi connectivity index (χ4v) is 2.75. The Morgan fingerprint density at radius 2 is 2.35 bits per heavy atom. The molecule has 0 spiro atoms. The van der Waals surface area contributed by atoms with Crippen LogP contribution in [0.5, 0.6) is 0 Å². The second-order valence-electron chi connectivity index (χ2n) is 3.97. The molecule has 0 atom stereocenters. The Kier molecular flexibility index (Phi) is 3.73. The third-order valence-electron chi connectivity index (χ3n) is 2.77. The fraction of sp³-hybridized carbons (Fsp3) is 0.636. The molecule has 0 unspecified atom stereocenters. The SMILES string of the molecule is CCOC(=O)c1csc(C2(F)CCNCC2)n1. The van der Waals surface area contributed by atoms with Gasteiger partial charge in [0.25, 0.3) is 0 Å². The minimum Gasteiger partial charge on any atom is -0.461 e. The molecule has 0 aromatic carbocycles. The minimum atomic E-state index is -1.39. The van der Waals surface area contributed by atoms with E-state index in [1.165, 1.54) is 11.3 Å². The molecule has 1 aliphatic rings. The summed E-state index contributed by atoms with van der Waals surface area (Å²) in [6.45, 7) is 3.32. The lowest BCUT2D eigenvalue weighted by atomic mass is 9.95. The van der Waals surface area contributed by atoms with Gasteiger partial charge in [0.2, 0.25) is 0 Å². The monoisotopic (exact) mass is 258 g/mol. The van der Waals surface area contributed by atoms with Gasteiger partial charge in [0.05, 0.1) is 6.61 Å². The van der Waals surface area contributed by atoms with Gasteiger partial charge in [-0.2, -0.15) is 0 Å². The van der Waals surface area contributed by atoms with E-state index in [0.29, 0.717) is 37.5 Å². The molecule has 1 fully saturated rings. The van der Waals surface area contributed by atoms with Crippen molar-refractivity contribution in [1.29, 1.82) is 0 Å². The van der Waals surface area contributed by atoms with Gasteiger partial charge in [-0.1, -0.05) is 0 Å². The predicted octanol–water partition coefficient (Wildman–Crippen LogP) is 1.87. The second kappa shape index (κ2) is 5.10. The molecule has 0 aliphatic carbocycles. The van der Waals surface area contributed by atoms with Crippen molar-refractivity contribution < 1.29 is 13.9 Å². The van der Waals surface area contributed by atoms with Crippen LogP contribution >= 0.6 is 11.3 Å². The van der Waals surface area contributed by atoms with Gasteiger partial charge >= 0.3 is 5.97 Å². The van der Waals surface area contributed by atoms with Crippen LogP contribution in [0.4, 0.5) is 4.39 Å². The number of alkyl halides is 1. The van der Waals surface area contributed by atoms with Crippen LogP contribution in [0.1, 0.15) is 35.3 Å². The molecule has 1 aromatic heterocycles. The van der Waals surface area contributed by atoms with Crippen molar-refractivity contribution in [3.05, 3.63) is 16.1 Å². The highest BCUT2D eigenvalue weighted by molar-refractivity contribution is 7.10. The molecule has 4 nitrogen and oxygen atoms in total. The van der Waals surface area contributed by atoms with Crippen LogP contribution in [0, 0.1) is 0 Å². The first-order chi connectivity index (χ1) is 8.15. The summed E-state index contributed by atoms with van der Waals surface area (Å²) in [5, 5.41) is 5.06. The summed E-state index contributed by atoms with van der Waals surface area (Å²) in [5.41, 5.74) is -1.18. The summed E-state index contributed by atoms with van der Waals surface area (Å²) in [7, 11) is 0. The van der Waals surface area contributed by atoms with Crippen LogP contribution < -0.4 is 5.32 Å². The smallest absolute Gasteiger partial charge is 0.357 e. The van der Waals surface area contributed by atoms with E-state index in [-0.39, 0.29) is 5.69 Å². The normalized spacial score (nSPS) is 18.9. The van der Waals surface area contributed by atoms with Gasteiger partial charge in [0, 0.05) is 18.2 Å². The highest BCUT2D eigenvalue weighted by Crippen LogP contribution is 2.36. The molecule has 1 aliphatic heterocycles. The summed E-state index contributed by atoms with van der Waals surface area (Å²) < 4.78 is 19.4. The molecule has 2 rings (SSSR count). The van der Waals surface area contributed by atoms with E-state index < -0.39 is 11.6 Å².